The quantitative estimate of drug-likeness (QED) is 0.933. The third kappa shape index (κ3) is 3.39. The smallest absolute Gasteiger partial charge is 0.251 e. The molecule has 1 fully saturated rings. The number of carbonyl (C=O) groups excluding carboxylic acids is 1. The van der Waals surface area contributed by atoms with E-state index in [1.807, 2.05) is 30.6 Å². The molecule has 130 valence electrons. The molecule has 1 atom stereocenters. The molecule has 1 aromatic carbocycles. The van der Waals surface area contributed by atoms with Crippen molar-refractivity contribution in [1.29, 1.82) is 0 Å². The van der Waals surface area contributed by atoms with Gasteiger partial charge in [0.1, 0.15) is 0 Å². The molecule has 4 heteroatoms. The fraction of sp³-hybridized carbons (Fsp3) is 0.429. The van der Waals surface area contributed by atoms with E-state index in [4.69, 9.17) is 0 Å². The fourth-order valence-electron chi connectivity index (χ4n) is 4.08. The van der Waals surface area contributed by atoms with Crippen molar-refractivity contribution in [2.45, 2.75) is 44.6 Å². The molecule has 0 saturated carbocycles. The number of carbonyl (C=O) groups is 1. The number of benzene rings is 1. The van der Waals surface area contributed by atoms with Crippen molar-refractivity contribution < 1.29 is 4.79 Å². The molecule has 4 rings (SSSR count). The number of hydrogen-bond donors (Lipinski definition) is 1. The van der Waals surface area contributed by atoms with Crippen molar-refractivity contribution >= 4 is 11.6 Å². The van der Waals surface area contributed by atoms with Crippen molar-refractivity contribution in [2.75, 3.05) is 18.0 Å². The Morgan fingerprint density at radius 2 is 1.88 bits per heavy atom. The Hall–Kier alpha value is -2.36. The van der Waals surface area contributed by atoms with Crippen LogP contribution in [-0.4, -0.2) is 30.0 Å². The summed E-state index contributed by atoms with van der Waals surface area (Å²) in [7, 11) is 0. The second-order valence-electron chi connectivity index (χ2n) is 7.29. The number of piperidine rings is 1. The molecule has 1 aliphatic heterocycles. The number of nitrogens with one attached hydrogen (secondary N) is 1. The Bertz CT molecular complexity index is 751. The van der Waals surface area contributed by atoms with Crippen molar-refractivity contribution in [3.8, 4) is 0 Å². The average Bonchev–Trinajstić information content (AvgIpc) is 3.03. The predicted octanol–water partition coefficient (Wildman–Crippen LogP) is 3.53. The van der Waals surface area contributed by atoms with Gasteiger partial charge in [0, 0.05) is 42.8 Å². The Labute approximate surface area is 149 Å². The summed E-state index contributed by atoms with van der Waals surface area (Å²) in [6.07, 6.45) is 7.93. The monoisotopic (exact) mass is 335 g/mol. The number of nitrogens with zero attached hydrogens (tertiary/aromatic N) is 2. The summed E-state index contributed by atoms with van der Waals surface area (Å²) in [6.45, 7) is 4.20. The average molecular weight is 335 g/mol. The highest BCUT2D eigenvalue weighted by molar-refractivity contribution is 5.94. The Morgan fingerprint density at radius 1 is 1.12 bits per heavy atom. The minimum atomic E-state index is 0.0738. The van der Waals surface area contributed by atoms with Crippen LogP contribution in [0.5, 0.6) is 0 Å². The van der Waals surface area contributed by atoms with Crippen LogP contribution >= 0.6 is 0 Å². The summed E-state index contributed by atoms with van der Waals surface area (Å²) >= 11 is 0. The van der Waals surface area contributed by atoms with Crippen LogP contribution in [0.3, 0.4) is 0 Å². The predicted molar refractivity (Wildman–Crippen MR) is 100 cm³/mol. The van der Waals surface area contributed by atoms with Crippen molar-refractivity contribution in [2.24, 2.45) is 0 Å². The van der Waals surface area contributed by atoms with E-state index in [0.717, 1.165) is 37.9 Å². The molecule has 1 N–H and O–H groups in total. The SMILES string of the molecule is CC1CCc2cc(C(=O)NC3CCN(c4ccncc4)CC3)ccc21. The third-order valence-electron chi connectivity index (χ3n) is 5.64. The van der Waals surface area contributed by atoms with E-state index in [2.05, 4.69) is 34.3 Å². The molecule has 1 saturated heterocycles. The molecule has 25 heavy (non-hydrogen) atoms. The van der Waals surface area contributed by atoms with E-state index >= 15 is 0 Å². The standard InChI is InChI=1S/C21H25N3O/c1-15-2-3-16-14-17(4-5-20(15)16)21(25)23-18-8-12-24(13-9-18)19-6-10-22-11-7-19/h4-7,10-11,14-15,18H,2-3,8-9,12-13H2,1H3,(H,23,25). The Balaban J connectivity index is 1.35. The van der Waals surface area contributed by atoms with Crippen LogP contribution < -0.4 is 10.2 Å². The summed E-state index contributed by atoms with van der Waals surface area (Å²) < 4.78 is 0. The summed E-state index contributed by atoms with van der Waals surface area (Å²) in [5, 5.41) is 3.23. The van der Waals surface area contributed by atoms with Gasteiger partial charge in [-0.15, -0.1) is 0 Å². The van der Waals surface area contributed by atoms with Gasteiger partial charge in [-0.25, -0.2) is 0 Å². The van der Waals surface area contributed by atoms with Gasteiger partial charge >= 0.3 is 0 Å². The minimum absolute atomic E-state index is 0.0738. The van der Waals surface area contributed by atoms with Gasteiger partial charge in [0.15, 0.2) is 0 Å². The zero-order valence-corrected chi connectivity index (χ0v) is 14.7. The molecule has 1 aliphatic carbocycles. The summed E-state index contributed by atoms with van der Waals surface area (Å²) in [5.41, 5.74) is 4.80. The molecular weight excluding hydrogens is 310 g/mol. The van der Waals surface area contributed by atoms with E-state index in [0.29, 0.717) is 5.92 Å². The fourth-order valence-corrected chi connectivity index (χ4v) is 4.08. The van der Waals surface area contributed by atoms with E-state index in [-0.39, 0.29) is 11.9 Å². The van der Waals surface area contributed by atoms with Crippen LogP contribution in [-0.2, 0) is 6.42 Å². The molecule has 2 heterocycles. The second-order valence-corrected chi connectivity index (χ2v) is 7.29. The van der Waals surface area contributed by atoms with E-state index in [1.165, 1.54) is 23.2 Å². The topological polar surface area (TPSA) is 45.2 Å². The molecular formula is C21H25N3O. The maximum Gasteiger partial charge on any atom is 0.251 e. The summed E-state index contributed by atoms with van der Waals surface area (Å²) in [4.78, 5) is 19.0. The number of aromatic nitrogens is 1. The lowest BCUT2D eigenvalue weighted by Crippen LogP contribution is -2.44. The number of pyridine rings is 1. The number of anilines is 1. The Morgan fingerprint density at radius 3 is 2.64 bits per heavy atom. The number of rotatable bonds is 3. The van der Waals surface area contributed by atoms with Gasteiger partial charge in [-0.05, 0) is 67.0 Å². The number of hydrogen-bond acceptors (Lipinski definition) is 3. The summed E-state index contributed by atoms with van der Waals surface area (Å²) in [6, 6.07) is 10.6. The second kappa shape index (κ2) is 6.87. The first-order valence-electron chi connectivity index (χ1n) is 9.29. The van der Waals surface area contributed by atoms with Gasteiger partial charge in [0.2, 0.25) is 0 Å². The normalized spacial score (nSPS) is 20.4. The van der Waals surface area contributed by atoms with Gasteiger partial charge in [0.25, 0.3) is 5.91 Å². The first-order valence-corrected chi connectivity index (χ1v) is 9.29. The lowest BCUT2D eigenvalue weighted by molar-refractivity contribution is 0.0931. The minimum Gasteiger partial charge on any atom is -0.371 e. The largest absolute Gasteiger partial charge is 0.371 e. The van der Waals surface area contributed by atoms with Crippen LogP contribution in [0.1, 0.15) is 53.6 Å². The van der Waals surface area contributed by atoms with Gasteiger partial charge in [0.05, 0.1) is 0 Å². The molecule has 1 amide bonds. The molecule has 2 aliphatic rings. The highest BCUT2D eigenvalue weighted by atomic mass is 16.1. The van der Waals surface area contributed by atoms with E-state index < -0.39 is 0 Å². The molecule has 2 aromatic rings. The molecule has 1 unspecified atom stereocenters. The number of fused-ring (bicyclic) bond motifs is 1. The molecule has 4 nitrogen and oxygen atoms in total. The molecule has 1 aromatic heterocycles. The molecule has 0 radical (unpaired) electrons. The van der Waals surface area contributed by atoms with E-state index in [1.54, 1.807) is 0 Å². The highest BCUT2D eigenvalue weighted by Gasteiger charge is 2.23. The zero-order valence-electron chi connectivity index (χ0n) is 14.7. The maximum absolute atomic E-state index is 12.6. The first-order chi connectivity index (χ1) is 12.2. The van der Waals surface area contributed by atoms with E-state index in [9.17, 15) is 4.79 Å². The van der Waals surface area contributed by atoms with Crippen molar-refractivity contribution in [3.63, 3.8) is 0 Å². The van der Waals surface area contributed by atoms with Gasteiger partial charge in [-0.2, -0.15) is 0 Å². The van der Waals surface area contributed by atoms with Gasteiger partial charge in [-0.3, -0.25) is 9.78 Å². The number of aryl methyl sites for hydroxylation is 1. The van der Waals surface area contributed by atoms with Crippen LogP contribution in [0.15, 0.2) is 42.7 Å². The number of amides is 1. The zero-order chi connectivity index (χ0) is 17.2. The third-order valence-corrected chi connectivity index (χ3v) is 5.64. The highest BCUT2D eigenvalue weighted by Crippen LogP contribution is 2.33. The Kier molecular flexibility index (Phi) is 4.43. The van der Waals surface area contributed by atoms with Gasteiger partial charge < -0.3 is 10.2 Å². The van der Waals surface area contributed by atoms with Crippen LogP contribution in [0.4, 0.5) is 5.69 Å². The van der Waals surface area contributed by atoms with Crippen LogP contribution in [0.25, 0.3) is 0 Å². The van der Waals surface area contributed by atoms with Crippen molar-refractivity contribution in [3.05, 3.63) is 59.4 Å². The van der Waals surface area contributed by atoms with Gasteiger partial charge in [-0.1, -0.05) is 13.0 Å². The lowest BCUT2D eigenvalue weighted by Gasteiger charge is -2.33. The maximum atomic E-state index is 12.6. The van der Waals surface area contributed by atoms with Crippen LogP contribution in [0.2, 0.25) is 0 Å². The summed E-state index contributed by atoms with van der Waals surface area (Å²) in [5.74, 6) is 0.703. The molecule has 0 bridgehead atoms. The van der Waals surface area contributed by atoms with Crippen molar-refractivity contribution in [1.82, 2.24) is 10.3 Å². The van der Waals surface area contributed by atoms with Crippen LogP contribution in [0, 0.1) is 0 Å². The first kappa shape index (κ1) is 16.1. The molecule has 0 spiro atoms. The lowest BCUT2D eigenvalue weighted by atomic mass is 10.0.